The van der Waals surface area contributed by atoms with Crippen LogP contribution in [0.3, 0.4) is 0 Å². The van der Waals surface area contributed by atoms with E-state index in [0.717, 1.165) is 17.0 Å². The van der Waals surface area contributed by atoms with Crippen molar-refractivity contribution in [2.75, 3.05) is 13.1 Å². The van der Waals surface area contributed by atoms with E-state index >= 15 is 0 Å². The molecule has 0 fully saturated rings. The Morgan fingerprint density at radius 1 is 1.38 bits per heavy atom. The molecule has 1 amide bonds. The number of amides is 1. The fourth-order valence-electron chi connectivity index (χ4n) is 1.87. The summed E-state index contributed by atoms with van der Waals surface area (Å²) in [6.45, 7) is -0.436. The van der Waals surface area contributed by atoms with Gasteiger partial charge in [-0.3, -0.25) is 4.79 Å². The van der Waals surface area contributed by atoms with Gasteiger partial charge in [0.2, 0.25) is 5.91 Å². The highest BCUT2D eigenvalue weighted by Crippen LogP contribution is 2.30. The molecule has 1 aromatic rings. The zero-order valence-corrected chi connectivity index (χ0v) is 10.7. The van der Waals surface area contributed by atoms with Crippen LogP contribution < -0.4 is 0 Å². The SMILES string of the molecule is O=C(O)c1cn(CC(=O)N2CC=C(C(F)(F)F)CC2)nn1. The van der Waals surface area contributed by atoms with E-state index < -0.39 is 23.6 Å². The third-order valence-electron chi connectivity index (χ3n) is 2.98. The molecule has 2 heterocycles. The Balaban J connectivity index is 1.96. The smallest absolute Gasteiger partial charge is 0.412 e. The highest BCUT2D eigenvalue weighted by molar-refractivity contribution is 5.84. The number of carbonyl (C=O) groups excluding carboxylic acids is 1. The first-order valence-corrected chi connectivity index (χ1v) is 5.95. The van der Waals surface area contributed by atoms with Gasteiger partial charge in [-0.2, -0.15) is 13.2 Å². The lowest BCUT2D eigenvalue weighted by Gasteiger charge is -2.27. The highest BCUT2D eigenvalue weighted by atomic mass is 19.4. The lowest BCUT2D eigenvalue weighted by molar-refractivity contribution is -0.133. The number of carboxylic acids is 1. The second-order valence-electron chi connectivity index (χ2n) is 4.42. The summed E-state index contributed by atoms with van der Waals surface area (Å²) in [4.78, 5) is 23.7. The van der Waals surface area contributed by atoms with Gasteiger partial charge >= 0.3 is 12.1 Å². The van der Waals surface area contributed by atoms with Gasteiger partial charge in [0.15, 0.2) is 5.69 Å². The Kier molecular flexibility index (Phi) is 3.96. The molecule has 1 aliphatic rings. The molecule has 0 aromatic carbocycles. The third kappa shape index (κ3) is 3.58. The van der Waals surface area contributed by atoms with E-state index in [-0.39, 0.29) is 31.7 Å². The van der Waals surface area contributed by atoms with Gasteiger partial charge in [-0.1, -0.05) is 11.3 Å². The maximum absolute atomic E-state index is 12.4. The molecule has 1 N–H and O–H groups in total. The molecule has 0 atom stereocenters. The van der Waals surface area contributed by atoms with Crippen LogP contribution in [-0.2, 0) is 11.3 Å². The molecular formula is C11H11F3N4O3. The number of aromatic carboxylic acids is 1. The summed E-state index contributed by atoms with van der Waals surface area (Å²) in [5.41, 5.74) is -0.943. The van der Waals surface area contributed by atoms with Gasteiger partial charge in [-0.05, 0) is 6.42 Å². The van der Waals surface area contributed by atoms with Gasteiger partial charge in [0.1, 0.15) is 6.54 Å². The maximum Gasteiger partial charge on any atom is 0.412 e. The third-order valence-corrected chi connectivity index (χ3v) is 2.98. The maximum atomic E-state index is 12.4. The van der Waals surface area contributed by atoms with Crippen LogP contribution in [0.25, 0.3) is 0 Å². The Labute approximate surface area is 116 Å². The van der Waals surface area contributed by atoms with Gasteiger partial charge in [0, 0.05) is 18.7 Å². The van der Waals surface area contributed by atoms with Crippen molar-refractivity contribution >= 4 is 11.9 Å². The molecule has 0 radical (unpaired) electrons. The normalized spacial score (nSPS) is 15.8. The predicted molar refractivity (Wildman–Crippen MR) is 62.3 cm³/mol. The lowest BCUT2D eigenvalue weighted by atomic mass is 10.1. The van der Waals surface area contributed by atoms with E-state index in [9.17, 15) is 22.8 Å². The van der Waals surface area contributed by atoms with Crippen molar-refractivity contribution in [3.05, 3.63) is 23.5 Å². The lowest BCUT2D eigenvalue weighted by Crippen LogP contribution is -2.38. The minimum absolute atomic E-state index is 0.0370. The van der Waals surface area contributed by atoms with Gasteiger partial charge in [-0.25, -0.2) is 9.48 Å². The number of nitrogens with zero attached hydrogens (tertiary/aromatic N) is 4. The van der Waals surface area contributed by atoms with Gasteiger partial charge < -0.3 is 10.0 Å². The molecule has 0 saturated heterocycles. The van der Waals surface area contributed by atoms with Crippen molar-refractivity contribution < 1.29 is 27.9 Å². The van der Waals surface area contributed by atoms with Crippen LogP contribution in [-0.4, -0.2) is 56.1 Å². The topological polar surface area (TPSA) is 88.3 Å². The molecule has 7 nitrogen and oxygen atoms in total. The summed E-state index contributed by atoms with van der Waals surface area (Å²) in [6.07, 6.45) is -2.56. The standard InChI is InChI=1S/C11H11F3N4O3/c12-11(13,14)7-1-3-17(4-2-7)9(19)6-18-5-8(10(20)21)15-16-18/h1,5H,2-4,6H2,(H,20,21). The fourth-order valence-corrected chi connectivity index (χ4v) is 1.87. The molecule has 114 valence electrons. The summed E-state index contributed by atoms with van der Waals surface area (Å²) < 4.78 is 38.4. The van der Waals surface area contributed by atoms with E-state index in [4.69, 9.17) is 5.11 Å². The van der Waals surface area contributed by atoms with Crippen LogP contribution in [0.1, 0.15) is 16.9 Å². The zero-order valence-electron chi connectivity index (χ0n) is 10.7. The summed E-state index contributed by atoms with van der Waals surface area (Å²) in [7, 11) is 0. The zero-order chi connectivity index (χ0) is 15.6. The minimum Gasteiger partial charge on any atom is -0.476 e. The first-order valence-electron chi connectivity index (χ1n) is 5.95. The Hall–Kier alpha value is -2.39. The largest absolute Gasteiger partial charge is 0.476 e. The number of carbonyl (C=O) groups is 2. The monoisotopic (exact) mass is 304 g/mol. The predicted octanol–water partition coefficient (Wildman–Crippen LogP) is 0.697. The number of halogens is 3. The molecule has 0 bridgehead atoms. The summed E-state index contributed by atoms with van der Waals surface area (Å²) in [6, 6.07) is 0. The van der Waals surface area contributed by atoms with E-state index in [1.54, 1.807) is 0 Å². The Morgan fingerprint density at radius 3 is 2.57 bits per heavy atom. The second-order valence-corrected chi connectivity index (χ2v) is 4.42. The van der Waals surface area contributed by atoms with Crippen molar-refractivity contribution in [3.8, 4) is 0 Å². The molecule has 2 rings (SSSR count). The molecule has 1 aromatic heterocycles. The van der Waals surface area contributed by atoms with Gasteiger partial charge in [0.05, 0.1) is 6.20 Å². The van der Waals surface area contributed by atoms with Crippen LogP contribution >= 0.6 is 0 Å². The van der Waals surface area contributed by atoms with E-state index in [2.05, 4.69) is 10.3 Å². The number of rotatable bonds is 3. The van der Waals surface area contributed by atoms with Crippen molar-refractivity contribution in [2.24, 2.45) is 0 Å². The second kappa shape index (κ2) is 5.54. The quantitative estimate of drug-likeness (QED) is 0.830. The van der Waals surface area contributed by atoms with Gasteiger partial charge in [0.25, 0.3) is 0 Å². The molecule has 21 heavy (non-hydrogen) atoms. The molecule has 0 unspecified atom stereocenters. The Morgan fingerprint density at radius 2 is 2.10 bits per heavy atom. The average Bonchev–Trinajstić information content (AvgIpc) is 2.86. The molecular weight excluding hydrogens is 293 g/mol. The molecule has 0 aliphatic carbocycles. The van der Waals surface area contributed by atoms with E-state index in [0.29, 0.717) is 0 Å². The number of hydrogen-bond donors (Lipinski definition) is 1. The van der Waals surface area contributed by atoms with Gasteiger partial charge in [-0.15, -0.1) is 5.10 Å². The van der Waals surface area contributed by atoms with Crippen LogP contribution in [0.5, 0.6) is 0 Å². The fraction of sp³-hybridized carbons (Fsp3) is 0.455. The van der Waals surface area contributed by atoms with E-state index in [1.807, 2.05) is 0 Å². The van der Waals surface area contributed by atoms with Crippen molar-refractivity contribution in [2.45, 2.75) is 19.1 Å². The summed E-state index contributed by atoms with van der Waals surface area (Å²) in [5, 5.41) is 15.5. The number of aromatic nitrogens is 3. The molecule has 10 heteroatoms. The van der Waals surface area contributed by atoms with Crippen LogP contribution in [0.4, 0.5) is 13.2 Å². The first-order chi connectivity index (χ1) is 9.77. The number of carboxylic acid groups (broad SMARTS) is 1. The summed E-state index contributed by atoms with van der Waals surface area (Å²) in [5.74, 6) is -1.72. The van der Waals surface area contributed by atoms with Crippen LogP contribution in [0.15, 0.2) is 17.8 Å². The highest BCUT2D eigenvalue weighted by Gasteiger charge is 2.35. The van der Waals surface area contributed by atoms with Crippen molar-refractivity contribution in [3.63, 3.8) is 0 Å². The molecule has 0 saturated carbocycles. The minimum atomic E-state index is -4.36. The van der Waals surface area contributed by atoms with Crippen molar-refractivity contribution in [1.29, 1.82) is 0 Å². The number of alkyl halides is 3. The first kappa shape index (κ1) is 15.0. The molecule has 1 aliphatic heterocycles. The molecule has 0 spiro atoms. The Bertz CT molecular complexity index is 594. The number of hydrogen-bond acceptors (Lipinski definition) is 4. The summed E-state index contributed by atoms with van der Waals surface area (Å²) >= 11 is 0. The van der Waals surface area contributed by atoms with Crippen molar-refractivity contribution in [1.82, 2.24) is 19.9 Å². The van der Waals surface area contributed by atoms with E-state index in [1.165, 1.54) is 4.90 Å². The van der Waals surface area contributed by atoms with Crippen LogP contribution in [0.2, 0.25) is 0 Å². The van der Waals surface area contributed by atoms with Crippen LogP contribution in [0, 0.1) is 0 Å². The average molecular weight is 304 g/mol.